The van der Waals surface area contributed by atoms with Gasteiger partial charge in [-0.05, 0) is 0 Å². The van der Waals surface area contributed by atoms with E-state index in [9.17, 15) is 4.79 Å². The van der Waals surface area contributed by atoms with Crippen LogP contribution in [0.1, 0.15) is 0 Å². The van der Waals surface area contributed by atoms with Crippen LogP contribution in [0.15, 0.2) is 29.6 Å². The molecule has 3 rings (SSSR count). The molecule has 0 amide bonds. The molecule has 0 aliphatic rings. The molecular formula is C9H5ClN4O. The van der Waals surface area contributed by atoms with Crippen molar-refractivity contribution < 1.29 is 0 Å². The number of nitrogens with zero attached hydrogens (tertiary/aromatic N) is 3. The van der Waals surface area contributed by atoms with Gasteiger partial charge in [-0.1, -0.05) is 11.6 Å². The van der Waals surface area contributed by atoms with E-state index in [1.165, 1.54) is 6.20 Å². The minimum Gasteiger partial charge on any atom is -0.319 e. The summed E-state index contributed by atoms with van der Waals surface area (Å²) < 4.78 is 1.68. The van der Waals surface area contributed by atoms with E-state index in [0.29, 0.717) is 16.2 Å². The van der Waals surface area contributed by atoms with Gasteiger partial charge in [0.2, 0.25) is 0 Å². The van der Waals surface area contributed by atoms with Crippen molar-refractivity contribution in [2.75, 3.05) is 0 Å². The Morgan fingerprint density at radius 3 is 3.07 bits per heavy atom. The molecule has 74 valence electrons. The molecule has 0 saturated heterocycles. The first-order valence-electron chi connectivity index (χ1n) is 4.25. The predicted octanol–water partition coefficient (Wildman–Crippen LogP) is 1.22. The van der Waals surface area contributed by atoms with Crippen LogP contribution in [0.25, 0.3) is 16.6 Å². The molecule has 1 N–H and O–H groups in total. The second-order valence-corrected chi connectivity index (χ2v) is 3.51. The zero-order valence-corrected chi connectivity index (χ0v) is 8.19. The van der Waals surface area contributed by atoms with Crippen molar-refractivity contribution in [3.8, 4) is 0 Å². The number of aromatic nitrogens is 4. The molecule has 0 aliphatic heterocycles. The Hall–Kier alpha value is -1.88. The Kier molecular flexibility index (Phi) is 1.58. The molecule has 3 aromatic rings. The lowest BCUT2D eigenvalue weighted by molar-refractivity contribution is 1.15. The number of hydrogen-bond acceptors (Lipinski definition) is 3. The molecular weight excluding hydrogens is 216 g/mol. The average Bonchev–Trinajstić information content (AvgIpc) is 2.66. The Labute approximate surface area is 88.4 Å². The van der Waals surface area contributed by atoms with Crippen LogP contribution in [-0.2, 0) is 0 Å². The van der Waals surface area contributed by atoms with E-state index in [-0.39, 0.29) is 5.56 Å². The van der Waals surface area contributed by atoms with E-state index in [0.717, 1.165) is 5.52 Å². The normalized spacial score (nSPS) is 11.3. The lowest BCUT2D eigenvalue weighted by Crippen LogP contribution is -2.09. The summed E-state index contributed by atoms with van der Waals surface area (Å²) in [6.45, 7) is 0. The lowest BCUT2D eigenvalue weighted by atomic mass is 10.4. The van der Waals surface area contributed by atoms with E-state index in [1.54, 1.807) is 23.0 Å². The molecule has 5 nitrogen and oxygen atoms in total. The standard InChI is InChI=1S/C9H5ClN4O/c10-8-1-5-6(3-12-8)14-4-11-2-7(14)9(15)13-5/h1-4H,(H,13,15). The van der Waals surface area contributed by atoms with Crippen LogP contribution >= 0.6 is 11.6 Å². The van der Waals surface area contributed by atoms with Gasteiger partial charge < -0.3 is 4.98 Å². The maximum atomic E-state index is 11.6. The minimum absolute atomic E-state index is 0.192. The molecule has 3 aromatic heterocycles. The highest BCUT2D eigenvalue weighted by atomic mass is 35.5. The molecule has 0 saturated carbocycles. The van der Waals surface area contributed by atoms with Crippen LogP contribution in [-0.4, -0.2) is 19.4 Å². The van der Waals surface area contributed by atoms with Crippen molar-refractivity contribution in [1.82, 2.24) is 19.4 Å². The molecule has 0 fully saturated rings. The molecule has 0 spiro atoms. The van der Waals surface area contributed by atoms with Crippen molar-refractivity contribution in [3.63, 3.8) is 0 Å². The number of pyridine rings is 1. The fourth-order valence-corrected chi connectivity index (χ4v) is 1.71. The number of rotatable bonds is 0. The maximum absolute atomic E-state index is 11.6. The molecule has 6 heteroatoms. The van der Waals surface area contributed by atoms with E-state index in [2.05, 4.69) is 15.0 Å². The molecule has 0 bridgehead atoms. The van der Waals surface area contributed by atoms with Crippen molar-refractivity contribution >= 4 is 28.2 Å². The van der Waals surface area contributed by atoms with Crippen molar-refractivity contribution in [1.29, 1.82) is 0 Å². The zero-order valence-electron chi connectivity index (χ0n) is 7.44. The van der Waals surface area contributed by atoms with Crippen molar-refractivity contribution in [3.05, 3.63) is 40.3 Å². The van der Waals surface area contributed by atoms with Gasteiger partial charge in [-0.2, -0.15) is 0 Å². The smallest absolute Gasteiger partial charge is 0.274 e. The molecule has 0 aliphatic carbocycles. The highest BCUT2D eigenvalue weighted by molar-refractivity contribution is 6.29. The fourth-order valence-electron chi connectivity index (χ4n) is 1.56. The monoisotopic (exact) mass is 220 g/mol. The second kappa shape index (κ2) is 2.80. The van der Waals surface area contributed by atoms with Gasteiger partial charge in [0.1, 0.15) is 10.7 Å². The number of imidazole rings is 1. The Morgan fingerprint density at radius 2 is 2.20 bits per heavy atom. The highest BCUT2D eigenvalue weighted by Crippen LogP contribution is 2.14. The first-order valence-corrected chi connectivity index (χ1v) is 4.63. The molecule has 0 atom stereocenters. The third-order valence-corrected chi connectivity index (χ3v) is 2.44. The van der Waals surface area contributed by atoms with Gasteiger partial charge in [0.05, 0.1) is 29.8 Å². The summed E-state index contributed by atoms with van der Waals surface area (Å²) >= 11 is 5.74. The van der Waals surface area contributed by atoms with E-state index >= 15 is 0 Å². The van der Waals surface area contributed by atoms with Crippen molar-refractivity contribution in [2.45, 2.75) is 0 Å². The van der Waals surface area contributed by atoms with Crippen molar-refractivity contribution in [2.24, 2.45) is 0 Å². The van der Waals surface area contributed by atoms with Crippen LogP contribution < -0.4 is 5.56 Å². The lowest BCUT2D eigenvalue weighted by Gasteiger charge is -2.00. The summed E-state index contributed by atoms with van der Waals surface area (Å²) in [5.41, 5.74) is 1.71. The number of nitrogens with one attached hydrogen (secondary N) is 1. The first-order chi connectivity index (χ1) is 7.25. The molecule has 15 heavy (non-hydrogen) atoms. The summed E-state index contributed by atoms with van der Waals surface area (Å²) in [7, 11) is 0. The Bertz CT molecular complexity index is 715. The fraction of sp³-hybridized carbons (Fsp3) is 0. The minimum atomic E-state index is -0.192. The molecule has 0 radical (unpaired) electrons. The topological polar surface area (TPSA) is 63.0 Å². The van der Waals surface area contributed by atoms with Gasteiger partial charge in [0.15, 0.2) is 0 Å². The van der Waals surface area contributed by atoms with Crippen LogP contribution in [0.5, 0.6) is 0 Å². The average molecular weight is 221 g/mol. The third-order valence-electron chi connectivity index (χ3n) is 2.23. The zero-order chi connectivity index (χ0) is 10.4. The van der Waals surface area contributed by atoms with Crippen LogP contribution in [0, 0.1) is 0 Å². The van der Waals surface area contributed by atoms with Crippen LogP contribution in [0.2, 0.25) is 5.15 Å². The van der Waals surface area contributed by atoms with Gasteiger partial charge in [0.25, 0.3) is 5.56 Å². The van der Waals surface area contributed by atoms with Crippen LogP contribution in [0.3, 0.4) is 0 Å². The highest BCUT2D eigenvalue weighted by Gasteiger charge is 2.05. The predicted molar refractivity (Wildman–Crippen MR) is 56.1 cm³/mol. The summed E-state index contributed by atoms with van der Waals surface area (Å²) in [6, 6.07) is 1.61. The van der Waals surface area contributed by atoms with E-state index in [4.69, 9.17) is 11.6 Å². The molecule has 3 heterocycles. The number of H-pyrrole nitrogens is 1. The second-order valence-electron chi connectivity index (χ2n) is 3.13. The van der Waals surface area contributed by atoms with E-state index in [1.807, 2.05) is 0 Å². The van der Waals surface area contributed by atoms with Gasteiger partial charge in [-0.25, -0.2) is 9.97 Å². The summed E-state index contributed by atoms with van der Waals surface area (Å²) in [5, 5.41) is 0.345. The number of fused-ring (bicyclic) bond motifs is 3. The SMILES string of the molecule is O=c1[nH]c2cc(Cl)ncc2n2cncc12. The Morgan fingerprint density at radius 1 is 1.33 bits per heavy atom. The van der Waals surface area contributed by atoms with Gasteiger partial charge in [0, 0.05) is 6.07 Å². The molecule has 0 unspecified atom stereocenters. The van der Waals surface area contributed by atoms with Crippen LogP contribution in [0.4, 0.5) is 0 Å². The van der Waals surface area contributed by atoms with Gasteiger partial charge in [-0.3, -0.25) is 9.20 Å². The summed E-state index contributed by atoms with van der Waals surface area (Å²) in [5.74, 6) is 0. The van der Waals surface area contributed by atoms with Gasteiger partial charge in [-0.15, -0.1) is 0 Å². The quantitative estimate of drug-likeness (QED) is 0.580. The summed E-state index contributed by atoms with van der Waals surface area (Å²) in [4.78, 5) is 22.2. The van der Waals surface area contributed by atoms with Gasteiger partial charge >= 0.3 is 0 Å². The molecule has 0 aromatic carbocycles. The maximum Gasteiger partial charge on any atom is 0.274 e. The Balaban J connectivity index is 2.66. The first kappa shape index (κ1) is 8.43. The largest absolute Gasteiger partial charge is 0.319 e. The number of hydrogen-bond donors (Lipinski definition) is 1. The summed E-state index contributed by atoms with van der Waals surface area (Å²) in [6.07, 6.45) is 4.68. The third kappa shape index (κ3) is 1.13. The number of halogens is 1. The number of aromatic amines is 1. The van der Waals surface area contributed by atoms with E-state index < -0.39 is 0 Å².